The summed E-state index contributed by atoms with van der Waals surface area (Å²) in [7, 11) is 0. The van der Waals surface area contributed by atoms with Gasteiger partial charge in [0, 0.05) is 12.6 Å². The maximum absolute atomic E-state index is 12.6. The molecule has 0 fully saturated rings. The van der Waals surface area contributed by atoms with Crippen LogP contribution in [-0.4, -0.2) is 62.5 Å². The van der Waals surface area contributed by atoms with Gasteiger partial charge in [0.25, 0.3) is 17.4 Å². The summed E-state index contributed by atoms with van der Waals surface area (Å²) in [6.07, 6.45) is 0.641. The van der Waals surface area contributed by atoms with E-state index in [0.29, 0.717) is 0 Å². The molecule has 0 aliphatic carbocycles. The second-order valence-corrected chi connectivity index (χ2v) is 6.47. The van der Waals surface area contributed by atoms with E-state index >= 15 is 0 Å². The zero-order valence-electron chi connectivity index (χ0n) is 15.6. The Hall–Kier alpha value is -3.70. The van der Waals surface area contributed by atoms with Crippen molar-refractivity contribution < 1.29 is 38.9 Å². The number of carboxylic acid groups (broad SMARTS) is 2. The second-order valence-electron chi connectivity index (χ2n) is 6.47. The molecule has 0 spiro atoms. The summed E-state index contributed by atoms with van der Waals surface area (Å²) in [5.74, 6) is -4.89. The number of fused-ring (bicyclic) bond motifs is 1. The Bertz CT molecular complexity index is 858. The number of carbonyl (C=O) groups excluding carboxylic acids is 3. The van der Waals surface area contributed by atoms with Crippen molar-refractivity contribution in [1.29, 1.82) is 0 Å². The van der Waals surface area contributed by atoms with E-state index in [1.54, 1.807) is 6.07 Å². The Labute approximate surface area is 164 Å². The first-order valence-electron chi connectivity index (χ1n) is 8.56. The third kappa shape index (κ3) is 4.97. The van der Waals surface area contributed by atoms with Gasteiger partial charge in [-0.25, -0.2) is 9.78 Å². The molecule has 1 aliphatic rings. The van der Waals surface area contributed by atoms with Gasteiger partial charge in [-0.2, -0.15) is 0 Å². The predicted molar refractivity (Wildman–Crippen MR) is 95.9 cm³/mol. The highest BCUT2D eigenvalue weighted by Gasteiger charge is 2.48. The molecular formula is C17H20N4O8. The largest absolute Gasteiger partial charge is 0.481 e. The van der Waals surface area contributed by atoms with Gasteiger partial charge in [-0.1, -0.05) is 0 Å². The SMILES string of the molecule is C[C@H](NC(=O)C1(C)Oc2cccnc2NC1=O)C(=O)N[C@H](CCC(=O)O)C(=O)O. The van der Waals surface area contributed by atoms with Crippen molar-refractivity contribution in [3.8, 4) is 5.75 Å². The number of carbonyl (C=O) groups is 5. The number of hydrogen-bond donors (Lipinski definition) is 5. The lowest BCUT2D eigenvalue weighted by Gasteiger charge is -2.33. The topological polar surface area (TPSA) is 184 Å². The zero-order chi connectivity index (χ0) is 21.8. The predicted octanol–water partition coefficient (Wildman–Crippen LogP) is -0.890. The summed E-state index contributed by atoms with van der Waals surface area (Å²) >= 11 is 0. The molecule has 0 saturated carbocycles. The van der Waals surface area contributed by atoms with Crippen LogP contribution in [0.4, 0.5) is 5.82 Å². The maximum atomic E-state index is 12.6. The van der Waals surface area contributed by atoms with Crippen molar-refractivity contribution in [1.82, 2.24) is 15.6 Å². The number of carboxylic acids is 2. The minimum Gasteiger partial charge on any atom is -0.481 e. The van der Waals surface area contributed by atoms with E-state index in [9.17, 15) is 24.0 Å². The number of aromatic nitrogens is 1. The van der Waals surface area contributed by atoms with Crippen molar-refractivity contribution in [3.63, 3.8) is 0 Å². The van der Waals surface area contributed by atoms with E-state index in [-0.39, 0.29) is 18.0 Å². The first kappa shape index (κ1) is 21.6. The minimum atomic E-state index is -1.99. The van der Waals surface area contributed by atoms with Gasteiger partial charge >= 0.3 is 11.9 Å². The number of anilines is 1. The van der Waals surface area contributed by atoms with Crippen molar-refractivity contribution in [3.05, 3.63) is 18.3 Å². The minimum absolute atomic E-state index is 0.149. The Morgan fingerprint density at radius 2 is 1.97 bits per heavy atom. The molecule has 0 bridgehead atoms. The van der Waals surface area contributed by atoms with E-state index < -0.39 is 53.8 Å². The van der Waals surface area contributed by atoms with Gasteiger partial charge in [0.1, 0.15) is 12.1 Å². The smallest absolute Gasteiger partial charge is 0.326 e. The molecule has 1 unspecified atom stereocenters. The Balaban J connectivity index is 2.03. The number of nitrogens with zero attached hydrogens (tertiary/aromatic N) is 1. The molecule has 5 N–H and O–H groups in total. The lowest BCUT2D eigenvalue weighted by Crippen LogP contribution is -2.62. The highest BCUT2D eigenvalue weighted by atomic mass is 16.5. The van der Waals surface area contributed by atoms with Crippen LogP contribution in [0.3, 0.4) is 0 Å². The van der Waals surface area contributed by atoms with Crippen LogP contribution in [0.25, 0.3) is 0 Å². The van der Waals surface area contributed by atoms with Gasteiger partial charge in [-0.3, -0.25) is 19.2 Å². The molecule has 156 valence electrons. The molecule has 0 aromatic carbocycles. The lowest BCUT2D eigenvalue weighted by molar-refractivity contribution is -0.148. The molecular weight excluding hydrogens is 388 g/mol. The number of hydrogen-bond acceptors (Lipinski definition) is 7. The van der Waals surface area contributed by atoms with Gasteiger partial charge < -0.3 is 30.9 Å². The molecule has 3 amide bonds. The Morgan fingerprint density at radius 3 is 2.59 bits per heavy atom. The quantitative estimate of drug-likeness (QED) is 0.340. The lowest BCUT2D eigenvalue weighted by atomic mass is 10.0. The molecule has 1 aromatic heterocycles. The fourth-order valence-corrected chi connectivity index (χ4v) is 2.43. The number of nitrogens with one attached hydrogen (secondary N) is 3. The van der Waals surface area contributed by atoms with Crippen LogP contribution in [0.5, 0.6) is 5.75 Å². The van der Waals surface area contributed by atoms with E-state index in [4.69, 9.17) is 14.9 Å². The highest BCUT2D eigenvalue weighted by molar-refractivity contribution is 6.15. The molecule has 1 aliphatic heterocycles. The summed E-state index contributed by atoms with van der Waals surface area (Å²) < 4.78 is 5.48. The third-order valence-corrected chi connectivity index (χ3v) is 4.19. The Morgan fingerprint density at radius 1 is 1.28 bits per heavy atom. The fourth-order valence-electron chi connectivity index (χ4n) is 2.43. The van der Waals surface area contributed by atoms with Crippen molar-refractivity contribution in [2.24, 2.45) is 0 Å². The third-order valence-electron chi connectivity index (χ3n) is 4.19. The van der Waals surface area contributed by atoms with Crippen molar-refractivity contribution in [2.45, 2.75) is 44.4 Å². The summed E-state index contributed by atoms with van der Waals surface area (Å²) in [6, 6.07) is 0.385. The van der Waals surface area contributed by atoms with E-state index in [0.717, 1.165) is 0 Å². The van der Waals surface area contributed by atoms with Crippen LogP contribution in [0.2, 0.25) is 0 Å². The number of ether oxygens (including phenoxy) is 1. The van der Waals surface area contributed by atoms with Crippen LogP contribution in [0.1, 0.15) is 26.7 Å². The van der Waals surface area contributed by atoms with Crippen molar-refractivity contribution >= 4 is 35.5 Å². The zero-order valence-corrected chi connectivity index (χ0v) is 15.6. The molecule has 12 nitrogen and oxygen atoms in total. The van der Waals surface area contributed by atoms with Gasteiger partial charge in [0.05, 0.1) is 0 Å². The monoisotopic (exact) mass is 408 g/mol. The molecule has 12 heteroatoms. The van der Waals surface area contributed by atoms with Gasteiger partial charge in [0.15, 0.2) is 11.6 Å². The molecule has 1 aromatic rings. The highest BCUT2D eigenvalue weighted by Crippen LogP contribution is 2.31. The molecule has 0 saturated heterocycles. The average Bonchev–Trinajstić information content (AvgIpc) is 2.65. The second kappa shape index (κ2) is 8.54. The number of pyridine rings is 1. The van der Waals surface area contributed by atoms with E-state index in [1.807, 2.05) is 0 Å². The van der Waals surface area contributed by atoms with Crippen LogP contribution >= 0.6 is 0 Å². The number of aliphatic carboxylic acids is 2. The molecule has 2 heterocycles. The summed E-state index contributed by atoms with van der Waals surface area (Å²) in [5.41, 5.74) is -1.99. The standard InChI is InChI=1S/C17H20N4O8/c1-8(13(24)20-9(14(25)26)5-6-11(22)23)19-15(27)17(2)16(28)21-12-10(29-17)4-3-7-18-12/h3-4,7-9H,5-6H2,1-2H3,(H,19,27)(H,20,24)(H,22,23)(H,25,26)(H,18,21,28)/t8-,9+,17?/m0/s1. The normalized spacial score (nSPS) is 19.6. The van der Waals surface area contributed by atoms with Gasteiger partial charge in [-0.15, -0.1) is 0 Å². The van der Waals surface area contributed by atoms with Gasteiger partial charge in [0.2, 0.25) is 5.91 Å². The van der Waals surface area contributed by atoms with E-state index in [2.05, 4.69) is 20.9 Å². The van der Waals surface area contributed by atoms with Crippen molar-refractivity contribution in [2.75, 3.05) is 5.32 Å². The maximum Gasteiger partial charge on any atom is 0.326 e. The number of rotatable bonds is 8. The van der Waals surface area contributed by atoms with Crippen LogP contribution in [0, 0.1) is 0 Å². The first-order chi connectivity index (χ1) is 13.5. The Kier molecular flexibility index (Phi) is 6.36. The summed E-state index contributed by atoms with van der Waals surface area (Å²) in [6.45, 7) is 2.49. The molecule has 29 heavy (non-hydrogen) atoms. The fraction of sp³-hybridized carbons (Fsp3) is 0.412. The molecule has 0 radical (unpaired) electrons. The van der Waals surface area contributed by atoms with Crippen LogP contribution < -0.4 is 20.7 Å². The van der Waals surface area contributed by atoms with Crippen LogP contribution in [0.15, 0.2) is 18.3 Å². The van der Waals surface area contributed by atoms with E-state index in [1.165, 1.54) is 26.1 Å². The summed E-state index contributed by atoms with van der Waals surface area (Å²) in [4.78, 5) is 62.8. The van der Waals surface area contributed by atoms with Gasteiger partial charge in [-0.05, 0) is 32.4 Å². The van der Waals surface area contributed by atoms with Crippen LogP contribution in [-0.2, 0) is 24.0 Å². The number of amides is 3. The first-order valence-corrected chi connectivity index (χ1v) is 8.56. The average molecular weight is 408 g/mol. The molecule has 3 atom stereocenters. The molecule has 2 rings (SSSR count). The summed E-state index contributed by atoms with van der Waals surface area (Å²) in [5, 5.41) is 24.6.